The number of methoxy groups -OCH3 is 1. The van der Waals surface area contributed by atoms with E-state index in [1.54, 1.807) is 14.0 Å². The standard InChI is InChI=1S/C23H35F3N4O3/c1-4-21(31)30(20-7-5-6-19(27-20)23(24,25)26)17-22(8-14-33-15-9-22)29-12-10-28(11-13-29)18(2)16-32-3/h5-7,18H,4,8-17H2,1-3H3. The molecule has 1 unspecified atom stereocenters. The number of pyridine rings is 1. The normalized spacial score (nSPS) is 21.0. The van der Waals surface area contributed by atoms with Crippen LogP contribution in [0.5, 0.6) is 0 Å². The van der Waals surface area contributed by atoms with Crippen LogP contribution in [0.4, 0.5) is 19.0 Å². The molecule has 0 saturated carbocycles. The molecule has 3 heterocycles. The summed E-state index contributed by atoms with van der Waals surface area (Å²) in [4.78, 5) is 23.0. The minimum Gasteiger partial charge on any atom is -0.383 e. The number of aromatic nitrogens is 1. The van der Waals surface area contributed by atoms with Crippen LogP contribution in [-0.2, 0) is 20.4 Å². The molecule has 186 valence electrons. The molecule has 1 aromatic rings. The number of alkyl halides is 3. The fourth-order valence-corrected chi connectivity index (χ4v) is 4.82. The molecule has 10 heteroatoms. The predicted octanol–water partition coefficient (Wildman–Crippen LogP) is 3.05. The summed E-state index contributed by atoms with van der Waals surface area (Å²) in [7, 11) is 1.70. The molecule has 2 saturated heterocycles. The van der Waals surface area contributed by atoms with E-state index in [9.17, 15) is 18.0 Å². The highest BCUT2D eigenvalue weighted by Crippen LogP contribution is 2.34. The molecular formula is C23H35F3N4O3. The zero-order valence-electron chi connectivity index (χ0n) is 19.7. The van der Waals surface area contributed by atoms with E-state index in [-0.39, 0.29) is 23.7 Å². The Kier molecular flexibility index (Phi) is 8.71. The van der Waals surface area contributed by atoms with Crippen LogP contribution in [0.25, 0.3) is 0 Å². The molecule has 7 nitrogen and oxygen atoms in total. The smallest absolute Gasteiger partial charge is 0.383 e. The van der Waals surface area contributed by atoms with Crippen molar-refractivity contribution in [2.24, 2.45) is 0 Å². The van der Waals surface area contributed by atoms with E-state index in [4.69, 9.17) is 9.47 Å². The minimum atomic E-state index is -4.57. The molecule has 33 heavy (non-hydrogen) atoms. The van der Waals surface area contributed by atoms with Crippen molar-refractivity contribution in [3.8, 4) is 0 Å². The van der Waals surface area contributed by atoms with E-state index in [1.807, 2.05) is 0 Å². The summed E-state index contributed by atoms with van der Waals surface area (Å²) in [6, 6.07) is 4.05. The minimum absolute atomic E-state index is 0.0508. The first kappa shape index (κ1) is 25.9. The lowest BCUT2D eigenvalue weighted by molar-refractivity contribution is -0.141. The van der Waals surface area contributed by atoms with Crippen LogP contribution in [-0.4, -0.2) is 91.9 Å². The molecule has 3 rings (SSSR count). The summed E-state index contributed by atoms with van der Waals surface area (Å²) >= 11 is 0. The van der Waals surface area contributed by atoms with Gasteiger partial charge in [0.1, 0.15) is 11.5 Å². The lowest BCUT2D eigenvalue weighted by Crippen LogP contribution is -2.64. The molecule has 2 fully saturated rings. The monoisotopic (exact) mass is 472 g/mol. The number of halogens is 3. The van der Waals surface area contributed by atoms with Gasteiger partial charge in [-0.1, -0.05) is 13.0 Å². The Balaban J connectivity index is 1.85. The third-order valence-electron chi connectivity index (χ3n) is 6.80. The van der Waals surface area contributed by atoms with Crippen LogP contribution < -0.4 is 4.90 Å². The summed E-state index contributed by atoms with van der Waals surface area (Å²) in [6.45, 7) is 9.32. The largest absolute Gasteiger partial charge is 0.433 e. The van der Waals surface area contributed by atoms with Crippen LogP contribution >= 0.6 is 0 Å². The lowest BCUT2D eigenvalue weighted by atomic mass is 9.86. The van der Waals surface area contributed by atoms with Gasteiger partial charge < -0.3 is 9.47 Å². The van der Waals surface area contributed by atoms with Crippen molar-refractivity contribution in [2.45, 2.75) is 50.9 Å². The Morgan fingerprint density at radius 1 is 1.24 bits per heavy atom. The zero-order chi connectivity index (χ0) is 24.1. The van der Waals surface area contributed by atoms with Crippen LogP contribution in [0, 0.1) is 0 Å². The maximum absolute atomic E-state index is 13.3. The first-order valence-corrected chi connectivity index (χ1v) is 11.6. The Bertz CT molecular complexity index is 778. The Hall–Kier alpha value is -1.75. The average molecular weight is 473 g/mol. The third kappa shape index (κ3) is 6.23. The fourth-order valence-electron chi connectivity index (χ4n) is 4.82. The number of carbonyl (C=O) groups is 1. The van der Waals surface area contributed by atoms with Crippen molar-refractivity contribution in [1.82, 2.24) is 14.8 Å². The van der Waals surface area contributed by atoms with Gasteiger partial charge in [-0.15, -0.1) is 0 Å². The molecule has 0 bridgehead atoms. The van der Waals surface area contributed by atoms with Gasteiger partial charge in [-0.3, -0.25) is 19.5 Å². The second-order valence-corrected chi connectivity index (χ2v) is 8.88. The van der Waals surface area contributed by atoms with E-state index in [1.165, 1.54) is 17.0 Å². The number of anilines is 1. The number of hydrogen-bond donors (Lipinski definition) is 0. The van der Waals surface area contributed by atoms with E-state index < -0.39 is 11.9 Å². The third-order valence-corrected chi connectivity index (χ3v) is 6.80. The molecular weight excluding hydrogens is 437 g/mol. The number of nitrogens with zero attached hydrogens (tertiary/aromatic N) is 4. The molecule has 1 amide bonds. The van der Waals surface area contributed by atoms with Gasteiger partial charge in [-0.05, 0) is 31.9 Å². The quantitative estimate of drug-likeness (QED) is 0.580. The van der Waals surface area contributed by atoms with Crippen LogP contribution in [0.15, 0.2) is 18.2 Å². The Labute approximate surface area is 193 Å². The molecule has 1 atom stereocenters. The van der Waals surface area contributed by atoms with Gasteiger partial charge in [0.25, 0.3) is 0 Å². The molecule has 0 aliphatic carbocycles. The highest BCUT2D eigenvalue weighted by atomic mass is 19.4. The predicted molar refractivity (Wildman–Crippen MR) is 119 cm³/mol. The summed E-state index contributed by atoms with van der Waals surface area (Å²) in [6.07, 6.45) is -2.95. The van der Waals surface area contributed by atoms with Crippen LogP contribution in [0.1, 0.15) is 38.8 Å². The molecule has 0 radical (unpaired) electrons. The van der Waals surface area contributed by atoms with E-state index >= 15 is 0 Å². The van der Waals surface area contributed by atoms with Crippen molar-refractivity contribution in [1.29, 1.82) is 0 Å². The van der Waals surface area contributed by atoms with Gasteiger partial charge in [-0.2, -0.15) is 13.2 Å². The molecule has 0 spiro atoms. The maximum atomic E-state index is 13.3. The number of amides is 1. The fraction of sp³-hybridized carbons (Fsp3) is 0.739. The lowest BCUT2D eigenvalue weighted by Gasteiger charge is -2.51. The zero-order valence-corrected chi connectivity index (χ0v) is 19.7. The number of ether oxygens (including phenoxy) is 2. The highest BCUT2D eigenvalue weighted by Gasteiger charge is 2.43. The van der Waals surface area contributed by atoms with Crippen molar-refractivity contribution in [3.63, 3.8) is 0 Å². The van der Waals surface area contributed by atoms with Crippen LogP contribution in [0.2, 0.25) is 0 Å². The summed E-state index contributed by atoms with van der Waals surface area (Å²) in [5, 5.41) is 0. The van der Waals surface area contributed by atoms with Gasteiger partial charge >= 0.3 is 6.18 Å². The highest BCUT2D eigenvalue weighted by molar-refractivity contribution is 5.92. The first-order chi connectivity index (χ1) is 15.7. The van der Waals surface area contributed by atoms with E-state index in [0.29, 0.717) is 45.2 Å². The maximum Gasteiger partial charge on any atom is 0.433 e. The first-order valence-electron chi connectivity index (χ1n) is 11.6. The van der Waals surface area contributed by atoms with Crippen molar-refractivity contribution < 1.29 is 27.4 Å². The molecule has 2 aliphatic heterocycles. The van der Waals surface area contributed by atoms with E-state index in [0.717, 1.165) is 32.2 Å². The number of carbonyl (C=O) groups excluding carboxylic acids is 1. The van der Waals surface area contributed by atoms with E-state index in [2.05, 4.69) is 21.7 Å². The average Bonchev–Trinajstić information content (AvgIpc) is 2.82. The number of piperazine rings is 1. The molecule has 0 aromatic carbocycles. The summed E-state index contributed by atoms with van der Waals surface area (Å²) in [5.74, 6) is -0.185. The van der Waals surface area contributed by atoms with Gasteiger partial charge in [0, 0.05) is 71.0 Å². The SMILES string of the molecule is CCC(=O)N(CC1(N2CCN(C(C)COC)CC2)CCOCC1)c1cccc(C(F)(F)F)n1. The second-order valence-electron chi connectivity index (χ2n) is 8.88. The van der Waals surface area contributed by atoms with Gasteiger partial charge in [0.05, 0.1) is 6.61 Å². The molecule has 1 aromatic heterocycles. The summed E-state index contributed by atoms with van der Waals surface area (Å²) in [5.41, 5.74) is -1.36. The Morgan fingerprint density at radius 3 is 2.48 bits per heavy atom. The molecule has 2 aliphatic rings. The van der Waals surface area contributed by atoms with Crippen molar-refractivity contribution >= 4 is 11.7 Å². The second kappa shape index (κ2) is 11.1. The van der Waals surface area contributed by atoms with Gasteiger partial charge in [-0.25, -0.2) is 4.98 Å². The topological polar surface area (TPSA) is 58.1 Å². The Morgan fingerprint density at radius 2 is 1.91 bits per heavy atom. The van der Waals surface area contributed by atoms with Crippen molar-refractivity contribution in [2.75, 3.05) is 64.6 Å². The van der Waals surface area contributed by atoms with Crippen LogP contribution in [0.3, 0.4) is 0 Å². The van der Waals surface area contributed by atoms with Gasteiger partial charge in [0.2, 0.25) is 5.91 Å². The van der Waals surface area contributed by atoms with Gasteiger partial charge in [0.15, 0.2) is 0 Å². The summed E-state index contributed by atoms with van der Waals surface area (Å²) < 4.78 is 50.8. The molecule has 0 N–H and O–H groups in total. The van der Waals surface area contributed by atoms with Crippen molar-refractivity contribution in [3.05, 3.63) is 23.9 Å². The number of rotatable bonds is 8. The number of hydrogen-bond acceptors (Lipinski definition) is 6.